The van der Waals surface area contributed by atoms with Gasteiger partial charge in [-0.15, -0.1) is 22.9 Å². The smallest absolute Gasteiger partial charge is 0.341 e. The average Bonchev–Trinajstić information content (AvgIpc) is 3.07. The molecule has 0 aromatic carbocycles. The van der Waals surface area contributed by atoms with Crippen LogP contribution in [0.3, 0.4) is 0 Å². The number of ether oxygens (including phenoxy) is 1. The van der Waals surface area contributed by atoms with E-state index in [-0.39, 0.29) is 18.4 Å². The van der Waals surface area contributed by atoms with Crippen LogP contribution in [-0.4, -0.2) is 24.4 Å². The summed E-state index contributed by atoms with van der Waals surface area (Å²) < 4.78 is 5.07. The maximum Gasteiger partial charge on any atom is 0.341 e. The fraction of sp³-hybridized carbons (Fsp3) is 0.231. The highest BCUT2D eigenvalue weighted by molar-refractivity contribution is 7.15. The summed E-state index contributed by atoms with van der Waals surface area (Å²) in [5.74, 6) is -0.954. The van der Waals surface area contributed by atoms with Crippen molar-refractivity contribution in [2.45, 2.75) is 6.92 Å². The zero-order chi connectivity index (χ0) is 14.5. The van der Waals surface area contributed by atoms with Crippen LogP contribution in [0.4, 0.5) is 5.00 Å². The van der Waals surface area contributed by atoms with Crippen LogP contribution < -0.4 is 5.32 Å². The van der Waals surface area contributed by atoms with Crippen molar-refractivity contribution in [3.8, 4) is 11.1 Å². The van der Waals surface area contributed by atoms with Crippen LogP contribution >= 0.6 is 34.3 Å². The molecule has 0 aliphatic carbocycles. The van der Waals surface area contributed by atoms with Gasteiger partial charge in [0.25, 0.3) is 0 Å². The zero-order valence-corrected chi connectivity index (χ0v) is 13.0. The quantitative estimate of drug-likeness (QED) is 0.670. The number of rotatable bonds is 5. The van der Waals surface area contributed by atoms with Crippen molar-refractivity contribution in [1.29, 1.82) is 0 Å². The van der Waals surface area contributed by atoms with E-state index in [0.29, 0.717) is 10.6 Å². The van der Waals surface area contributed by atoms with Gasteiger partial charge in [-0.1, -0.05) is 0 Å². The highest BCUT2D eigenvalue weighted by Crippen LogP contribution is 2.37. The lowest BCUT2D eigenvalue weighted by molar-refractivity contribution is -0.113. The standard InChI is InChI=1S/C13H12ClNO3S2/c1-2-18-13(17)11-9(8-3-4-19-6-8)7-20-12(11)15-10(16)5-14/h3-4,6-7H,2,5H2,1H3,(H,15,16). The molecule has 0 saturated heterocycles. The van der Waals surface area contributed by atoms with Crippen LogP contribution in [0.2, 0.25) is 0 Å². The molecule has 0 radical (unpaired) electrons. The molecule has 1 N–H and O–H groups in total. The zero-order valence-electron chi connectivity index (χ0n) is 10.6. The van der Waals surface area contributed by atoms with Gasteiger partial charge in [0.1, 0.15) is 16.4 Å². The molecule has 106 valence electrons. The second kappa shape index (κ2) is 6.88. The molecule has 4 nitrogen and oxygen atoms in total. The minimum absolute atomic E-state index is 0.159. The van der Waals surface area contributed by atoms with Crippen molar-refractivity contribution in [3.05, 3.63) is 27.8 Å². The number of carbonyl (C=O) groups excluding carboxylic acids is 2. The number of halogens is 1. The van der Waals surface area contributed by atoms with E-state index in [0.717, 1.165) is 11.1 Å². The largest absolute Gasteiger partial charge is 0.462 e. The van der Waals surface area contributed by atoms with Crippen molar-refractivity contribution in [2.24, 2.45) is 0 Å². The Morgan fingerprint density at radius 2 is 2.20 bits per heavy atom. The molecule has 0 spiro atoms. The number of esters is 1. The predicted molar refractivity (Wildman–Crippen MR) is 82.9 cm³/mol. The Morgan fingerprint density at radius 3 is 2.80 bits per heavy atom. The van der Waals surface area contributed by atoms with Crippen molar-refractivity contribution < 1.29 is 14.3 Å². The number of nitrogens with one attached hydrogen (secondary N) is 1. The number of alkyl halides is 1. The lowest BCUT2D eigenvalue weighted by atomic mass is 10.1. The molecule has 2 rings (SSSR count). The van der Waals surface area contributed by atoms with Crippen molar-refractivity contribution in [1.82, 2.24) is 0 Å². The van der Waals surface area contributed by atoms with Crippen LogP contribution in [0.15, 0.2) is 22.2 Å². The first-order chi connectivity index (χ1) is 9.67. The van der Waals surface area contributed by atoms with Gasteiger partial charge >= 0.3 is 5.97 Å². The molecular weight excluding hydrogens is 318 g/mol. The van der Waals surface area contributed by atoms with Gasteiger partial charge in [0.15, 0.2) is 0 Å². The summed E-state index contributed by atoms with van der Waals surface area (Å²) in [6.45, 7) is 2.02. The Morgan fingerprint density at radius 1 is 1.40 bits per heavy atom. The van der Waals surface area contributed by atoms with Gasteiger partial charge in [0.2, 0.25) is 5.91 Å². The van der Waals surface area contributed by atoms with E-state index in [2.05, 4.69) is 5.32 Å². The number of amides is 1. The number of thiophene rings is 2. The molecule has 0 atom stereocenters. The minimum Gasteiger partial charge on any atom is -0.462 e. The predicted octanol–water partition coefficient (Wildman–Crippen LogP) is 3.83. The topological polar surface area (TPSA) is 55.4 Å². The first-order valence-corrected chi connectivity index (χ1v) is 8.20. The first-order valence-electron chi connectivity index (χ1n) is 5.84. The molecule has 0 fully saturated rings. The minimum atomic E-state index is -0.445. The van der Waals surface area contributed by atoms with Crippen LogP contribution in [0, 0.1) is 0 Å². The lowest BCUT2D eigenvalue weighted by Gasteiger charge is -2.07. The summed E-state index contributed by atoms with van der Waals surface area (Å²) in [6.07, 6.45) is 0. The summed E-state index contributed by atoms with van der Waals surface area (Å²) in [7, 11) is 0. The fourth-order valence-corrected chi connectivity index (χ4v) is 3.34. The average molecular weight is 330 g/mol. The Hall–Kier alpha value is -1.37. The Labute approximate surface area is 129 Å². The summed E-state index contributed by atoms with van der Waals surface area (Å²) in [4.78, 5) is 23.5. The van der Waals surface area contributed by atoms with Crippen LogP contribution in [0.25, 0.3) is 11.1 Å². The Bertz CT molecular complexity index is 607. The molecule has 0 bridgehead atoms. The lowest BCUT2D eigenvalue weighted by Crippen LogP contribution is -2.15. The maximum absolute atomic E-state index is 12.1. The number of anilines is 1. The second-order valence-electron chi connectivity index (χ2n) is 3.77. The molecule has 7 heteroatoms. The van der Waals surface area contributed by atoms with E-state index >= 15 is 0 Å². The van der Waals surface area contributed by atoms with Gasteiger partial charge in [-0.2, -0.15) is 11.3 Å². The van der Waals surface area contributed by atoms with E-state index in [4.69, 9.17) is 16.3 Å². The van der Waals surface area contributed by atoms with Crippen LogP contribution in [-0.2, 0) is 9.53 Å². The Kier molecular flexibility index (Phi) is 5.17. The molecule has 1 amide bonds. The summed E-state index contributed by atoms with van der Waals surface area (Å²) >= 11 is 8.30. The number of hydrogen-bond donors (Lipinski definition) is 1. The molecule has 2 heterocycles. The van der Waals surface area contributed by atoms with Gasteiger partial charge < -0.3 is 10.1 Å². The van der Waals surface area contributed by atoms with E-state index < -0.39 is 5.97 Å². The van der Waals surface area contributed by atoms with Gasteiger partial charge in [-0.3, -0.25) is 4.79 Å². The number of hydrogen-bond acceptors (Lipinski definition) is 5. The van der Waals surface area contributed by atoms with Gasteiger partial charge in [-0.05, 0) is 29.3 Å². The second-order valence-corrected chi connectivity index (χ2v) is 5.69. The molecule has 20 heavy (non-hydrogen) atoms. The Balaban J connectivity index is 2.42. The molecule has 0 aliphatic heterocycles. The molecule has 2 aromatic heterocycles. The highest BCUT2D eigenvalue weighted by Gasteiger charge is 2.22. The molecule has 0 unspecified atom stereocenters. The summed E-state index contributed by atoms with van der Waals surface area (Å²) in [5.41, 5.74) is 2.08. The molecule has 2 aromatic rings. The van der Waals surface area contributed by atoms with Gasteiger partial charge in [0.05, 0.1) is 6.61 Å². The monoisotopic (exact) mass is 329 g/mol. The third-order valence-corrected chi connectivity index (χ3v) is 4.30. The van der Waals surface area contributed by atoms with E-state index in [1.165, 1.54) is 22.7 Å². The third kappa shape index (κ3) is 3.20. The summed E-state index contributed by atoms with van der Waals surface area (Å²) in [6, 6.07) is 1.92. The van der Waals surface area contributed by atoms with Crippen molar-refractivity contribution >= 4 is 51.2 Å². The van der Waals surface area contributed by atoms with Gasteiger partial charge in [-0.25, -0.2) is 4.79 Å². The summed E-state index contributed by atoms with van der Waals surface area (Å²) in [5, 5.41) is 8.80. The van der Waals surface area contributed by atoms with Crippen molar-refractivity contribution in [2.75, 3.05) is 17.8 Å². The SMILES string of the molecule is CCOC(=O)c1c(-c2ccsc2)csc1NC(=O)CCl. The third-order valence-electron chi connectivity index (χ3n) is 2.48. The maximum atomic E-state index is 12.1. The van der Waals surface area contributed by atoms with E-state index in [9.17, 15) is 9.59 Å². The highest BCUT2D eigenvalue weighted by atomic mass is 35.5. The van der Waals surface area contributed by atoms with Crippen LogP contribution in [0.5, 0.6) is 0 Å². The normalized spacial score (nSPS) is 10.3. The molecular formula is C13H12ClNO3S2. The molecule has 0 saturated carbocycles. The van der Waals surface area contributed by atoms with Crippen molar-refractivity contribution in [3.63, 3.8) is 0 Å². The fourth-order valence-electron chi connectivity index (χ4n) is 1.65. The first kappa shape index (κ1) is 15.0. The van der Waals surface area contributed by atoms with E-state index in [1.807, 2.05) is 22.2 Å². The van der Waals surface area contributed by atoms with Gasteiger partial charge in [0, 0.05) is 10.9 Å². The molecule has 0 aliphatic rings. The van der Waals surface area contributed by atoms with Crippen LogP contribution in [0.1, 0.15) is 17.3 Å². The number of carbonyl (C=O) groups is 2. The van der Waals surface area contributed by atoms with E-state index in [1.54, 1.807) is 6.92 Å².